The summed E-state index contributed by atoms with van der Waals surface area (Å²) in [5.74, 6) is 0. The lowest BCUT2D eigenvalue weighted by Gasteiger charge is -1.79. The molecule has 0 saturated heterocycles. The Morgan fingerprint density at radius 1 is 1.30 bits per heavy atom. The molecule has 3 heteroatoms. The van der Waals surface area contributed by atoms with Gasteiger partial charge in [0.1, 0.15) is 5.58 Å². The van der Waals surface area contributed by atoms with E-state index in [-0.39, 0.29) is 4.87 Å². The lowest BCUT2D eigenvalue weighted by Crippen LogP contribution is -1.79. The fraction of sp³-hybridized carbons (Fsp3) is 0. The van der Waals surface area contributed by atoms with Crippen LogP contribution in [0.25, 0.3) is 10.3 Å². The number of rotatable bonds is 0. The van der Waals surface area contributed by atoms with Crippen molar-refractivity contribution < 1.29 is 4.42 Å². The van der Waals surface area contributed by atoms with E-state index in [0.717, 1.165) is 10.3 Å². The van der Waals surface area contributed by atoms with Gasteiger partial charge in [0.2, 0.25) is 0 Å². The maximum absolute atomic E-state index is 7.18. The van der Waals surface area contributed by atoms with Crippen LogP contribution < -0.4 is 4.87 Å². The van der Waals surface area contributed by atoms with Gasteiger partial charge in [-0.3, -0.25) is 5.41 Å². The average Bonchev–Trinajstić information content (AvgIpc) is 2.27. The first-order valence-corrected chi connectivity index (χ1v) is 3.71. The zero-order valence-corrected chi connectivity index (χ0v) is 5.94. The Kier molecular flexibility index (Phi) is 1.11. The van der Waals surface area contributed by atoms with Gasteiger partial charge in [-0.25, -0.2) is 0 Å². The van der Waals surface area contributed by atoms with E-state index in [4.69, 9.17) is 9.83 Å². The Morgan fingerprint density at radius 3 is 2.90 bits per heavy atom. The topological polar surface area (TPSA) is 37.0 Å². The molecule has 0 unspecified atom stereocenters. The van der Waals surface area contributed by atoms with Gasteiger partial charge in [0.25, 0.3) is 4.87 Å². The first-order chi connectivity index (χ1) is 4.86. The van der Waals surface area contributed by atoms with Crippen LogP contribution in [0.1, 0.15) is 0 Å². The zero-order valence-electron chi connectivity index (χ0n) is 5.13. The molecule has 0 aliphatic carbocycles. The van der Waals surface area contributed by atoms with E-state index in [9.17, 15) is 0 Å². The SMILES string of the molecule is N=c1oc2ccccc2s1. The number of hydrogen-bond acceptors (Lipinski definition) is 3. The number of hydrogen-bond donors (Lipinski definition) is 1. The van der Waals surface area contributed by atoms with Crippen LogP contribution in [-0.2, 0) is 0 Å². The average molecular weight is 151 g/mol. The summed E-state index contributed by atoms with van der Waals surface area (Å²) in [4.78, 5) is 0.265. The highest BCUT2D eigenvalue weighted by atomic mass is 32.1. The molecule has 1 aromatic heterocycles. The number of fused-ring (bicyclic) bond motifs is 1. The maximum atomic E-state index is 7.18. The fourth-order valence-corrected chi connectivity index (χ4v) is 1.53. The van der Waals surface area contributed by atoms with Gasteiger partial charge in [-0.05, 0) is 12.1 Å². The minimum absolute atomic E-state index is 0.265. The van der Waals surface area contributed by atoms with Gasteiger partial charge in [-0.15, -0.1) is 0 Å². The molecule has 2 aromatic rings. The third kappa shape index (κ3) is 0.752. The van der Waals surface area contributed by atoms with E-state index in [1.807, 2.05) is 24.3 Å². The Bertz CT molecular complexity index is 365. The molecule has 1 N–H and O–H groups in total. The summed E-state index contributed by atoms with van der Waals surface area (Å²) in [5, 5.41) is 7.18. The maximum Gasteiger partial charge on any atom is 0.271 e. The van der Waals surface area contributed by atoms with E-state index in [2.05, 4.69) is 0 Å². The summed E-state index contributed by atoms with van der Waals surface area (Å²) < 4.78 is 6.09. The second kappa shape index (κ2) is 1.95. The van der Waals surface area contributed by atoms with E-state index in [0.29, 0.717) is 0 Å². The molecule has 10 heavy (non-hydrogen) atoms. The predicted molar refractivity (Wildman–Crippen MR) is 39.9 cm³/mol. The van der Waals surface area contributed by atoms with Crippen molar-refractivity contribution in [2.24, 2.45) is 0 Å². The van der Waals surface area contributed by atoms with Crippen LogP contribution in [0.2, 0.25) is 0 Å². The highest BCUT2D eigenvalue weighted by Gasteiger charge is 1.94. The quantitative estimate of drug-likeness (QED) is 0.614. The molecule has 2 nitrogen and oxygen atoms in total. The monoisotopic (exact) mass is 151 g/mol. The van der Waals surface area contributed by atoms with E-state index >= 15 is 0 Å². The molecule has 0 amide bonds. The first kappa shape index (κ1) is 5.68. The summed E-state index contributed by atoms with van der Waals surface area (Å²) in [6.45, 7) is 0. The van der Waals surface area contributed by atoms with Gasteiger partial charge in [0.05, 0.1) is 4.70 Å². The van der Waals surface area contributed by atoms with E-state index in [1.54, 1.807) is 0 Å². The smallest absolute Gasteiger partial charge is 0.271 e. The summed E-state index contributed by atoms with van der Waals surface area (Å²) in [7, 11) is 0. The van der Waals surface area contributed by atoms with Gasteiger partial charge in [-0.1, -0.05) is 23.5 Å². The molecule has 0 atom stereocenters. The van der Waals surface area contributed by atoms with Crippen molar-refractivity contribution in [2.45, 2.75) is 0 Å². The Hall–Kier alpha value is -1.09. The second-order valence-corrected chi connectivity index (χ2v) is 2.95. The molecule has 0 aliphatic rings. The van der Waals surface area contributed by atoms with Crippen molar-refractivity contribution in [1.82, 2.24) is 0 Å². The number of nitrogens with one attached hydrogen (secondary N) is 1. The Balaban J connectivity index is 3.01. The van der Waals surface area contributed by atoms with Crippen LogP contribution in [0.4, 0.5) is 0 Å². The normalized spacial score (nSPS) is 10.4. The van der Waals surface area contributed by atoms with Crippen molar-refractivity contribution in [1.29, 1.82) is 5.41 Å². The fourth-order valence-electron chi connectivity index (χ4n) is 0.839. The van der Waals surface area contributed by atoms with Gasteiger partial charge in [0, 0.05) is 0 Å². The molecule has 0 spiro atoms. The zero-order chi connectivity index (χ0) is 6.97. The van der Waals surface area contributed by atoms with Crippen LogP contribution in [0, 0.1) is 5.41 Å². The van der Waals surface area contributed by atoms with Crippen LogP contribution in [-0.4, -0.2) is 0 Å². The van der Waals surface area contributed by atoms with Gasteiger partial charge >= 0.3 is 0 Å². The lowest BCUT2D eigenvalue weighted by molar-refractivity contribution is 0.559. The molecule has 2 rings (SSSR count). The van der Waals surface area contributed by atoms with Crippen LogP contribution in [0.5, 0.6) is 0 Å². The molecule has 1 heterocycles. The van der Waals surface area contributed by atoms with Crippen LogP contribution >= 0.6 is 11.3 Å². The highest BCUT2D eigenvalue weighted by molar-refractivity contribution is 7.15. The molecule has 50 valence electrons. The molecule has 0 bridgehead atoms. The predicted octanol–water partition coefficient (Wildman–Crippen LogP) is 1.97. The molecular formula is C7H5NOS. The van der Waals surface area contributed by atoms with Crippen LogP contribution in [0.15, 0.2) is 28.7 Å². The van der Waals surface area contributed by atoms with Gasteiger partial charge in [0.15, 0.2) is 0 Å². The third-order valence-electron chi connectivity index (χ3n) is 1.25. The molecule has 0 radical (unpaired) electrons. The number of para-hydroxylation sites is 1. The second-order valence-electron chi connectivity index (χ2n) is 1.94. The van der Waals surface area contributed by atoms with E-state index < -0.39 is 0 Å². The van der Waals surface area contributed by atoms with Crippen molar-refractivity contribution in [3.05, 3.63) is 29.1 Å². The van der Waals surface area contributed by atoms with Crippen molar-refractivity contribution >= 4 is 21.6 Å². The van der Waals surface area contributed by atoms with Crippen molar-refractivity contribution in [3.8, 4) is 0 Å². The largest absolute Gasteiger partial charge is 0.430 e. The van der Waals surface area contributed by atoms with E-state index in [1.165, 1.54) is 11.3 Å². The summed E-state index contributed by atoms with van der Waals surface area (Å²) in [5.41, 5.74) is 0.803. The van der Waals surface area contributed by atoms with Gasteiger partial charge in [-0.2, -0.15) is 0 Å². The lowest BCUT2D eigenvalue weighted by atomic mass is 10.4. The summed E-state index contributed by atoms with van der Waals surface area (Å²) in [6.07, 6.45) is 0. The highest BCUT2D eigenvalue weighted by Crippen LogP contribution is 2.14. The first-order valence-electron chi connectivity index (χ1n) is 2.89. The number of benzene rings is 1. The molecule has 0 aliphatic heterocycles. The van der Waals surface area contributed by atoms with Crippen molar-refractivity contribution in [3.63, 3.8) is 0 Å². The molecular weight excluding hydrogens is 146 g/mol. The Morgan fingerprint density at radius 2 is 2.10 bits per heavy atom. The van der Waals surface area contributed by atoms with Crippen molar-refractivity contribution in [2.75, 3.05) is 0 Å². The van der Waals surface area contributed by atoms with Gasteiger partial charge < -0.3 is 4.42 Å². The standard InChI is InChI=1S/C7H5NOS/c8-7-9-5-3-1-2-4-6(5)10-7/h1-4,8H. The summed E-state index contributed by atoms with van der Waals surface area (Å²) in [6, 6.07) is 7.65. The minimum Gasteiger partial charge on any atom is -0.430 e. The van der Waals surface area contributed by atoms with Crippen LogP contribution in [0.3, 0.4) is 0 Å². The Labute approximate surface area is 61.2 Å². The third-order valence-corrected chi connectivity index (χ3v) is 2.08. The molecule has 0 saturated carbocycles. The summed E-state index contributed by atoms with van der Waals surface area (Å²) >= 11 is 1.35. The molecule has 1 aromatic carbocycles. The molecule has 0 fully saturated rings. The minimum atomic E-state index is 0.265.